The van der Waals surface area contributed by atoms with Crippen LogP contribution in [0.15, 0.2) is 54.7 Å². The predicted molar refractivity (Wildman–Crippen MR) is 163 cm³/mol. The fourth-order valence-corrected chi connectivity index (χ4v) is 6.06. The van der Waals surface area contributed by atoms with E-state index in [2.05, 4.69) is 20.7 Å². The van der Waals surface area contributed by atoms with Crippen molar-refractivity contribution in [1.82, 2.24) is 25.4 Å². The summed E-state index contributed by atoms with van der Waals surface area (Å²) in [7, 11) is 1.81. The largest absolute Gasteiger partial charge is 0.419 e. The van der Waals surface area contributed by atoms with Crippen LogP contribution in [0.25, 0.3) is 22.0 Å². The van der Waals surface area contributed by atoms with E-state index in [0.29, 0.717) is 47.5 Å². The molecule has 0 atom stereocenters. The molecule has 13 heteroatoms. The van der Waals surface area contributed by atoms with Crippen LogP contribution in [0.5, 0.6) is 0 Å². The number of amides is 3. The minimum atomic E-state index is -4.54. The molecule has 0 aliphatic carbocycles. The lowest BCUT2D eigenvalue weighted by molar-refractivity contribution is -0.137. The van der Waals surface area contributed by atoms with Crippen molar-refractivity contribution < 1.29 is 22.8 Å². The first-order chi connectivity index (χ1) is 21.1. The molecule has 2 aromatic heterocycles. The highest BCUT2D eigenvalue weighted by Gasteiger charge is 2.37. The number of carbonyl (C=O) groups is 2. The van der Waals surface area contributed by atoms with Crippen molar-refractivity contribution in [3.8, 4) is 11.1 Å². The summed E-state index contributed by atoms with van der Waals surface area (Å²) in [6.45, 7) is 2.59. The van der Waals surface area contributed by atoms with Gasteiger partial charge in [-0.2, -0.15) is 18.3 Å². The smallest absolute Gasteiger partial charge is 0.356 e. The number of anilines is 2. The number of aryl methyl sites for hydroxylation is 1. The third-order valence-electron chi connectivity index (χ3n) is 8.21. The Hall–Kier alpha value is -4.16. The van der Waals surface area contributed by atoms with Crippen molar-refractivity contribution in [1.29, 1.82) is 0 Å². The normalized spacial score (nSPS) is 16.6. The zero-order valence-electron chi connectivity index (χ0n) is 24.0. The van der Waals surface area contributed by atoms with E-state index in [1.54, 1.807) is 33.8 Å². The Kier molecular flexibility index (Phi) is 8.21. The second kappa shape index (κ2) is 12.1. The van der Waals surface area contributed by atoms with Crippen LogP contribution in [-0.4, -0.2) is 52.9 Å². The molecule has 2 aliphatic heterocycles. The highest BCUT2D eigenvalue weighted by molar-refractivity contribution is 6.30. The third kappa shape index (κ3) is 6.22. The highest BCUT2D eigenvalue weighted by atomic mass is 35.5. The first kappa shape index (κ1) is 29.9. The zero-order chi connectivity index (χ0) is 31.0. The molecule has 2 saturated heterocycles. The molecule has 9 nitrogen and oxygen atoms in total. The van der Waals surface area contributed by atoms with Crippen molar-refractivity contribution in [2.45, 2.75) is 32.0 Å². The minimum Gasteiger partial charge on any atom is -0.356 e. The molecule has 3 amide bonds. The van der Waals surface area contributed by atoms with Crippen molar-refractivity contribution in [3.63, 3.8) is 0 Å². The van der Waals surface area contributed by atoms with Gasteiger partial charge < -0.3 is 10.2 Å². The quantitative estimate of drug-likeness (QED) is 0.271. The lowest BCUT2D eigenvalue weighted by atomic mass is 9.96. The number of benzene rings is 2. The maximum Gasteiger partial charge on any atom is 0.419 e. The van der Waals surface area contributed by atoms with Gasteiger partial charge in [-0.1, -0.05) is 29.8 Å². The first-order valence-corrected chi connectivity index (χ1v) is 14.8. The molecule has 0 bridgehead atoms. The number of imide groups is 1. The Morgan fingerprint density at radius 3 is 2.55 bits per heavy atom. The van der Waals surface area contributed by atoms with Gasteiger partial charge in [0.25, 0.3) is 0 Å². The number of nitrogens with zero attached hydrogens (tertiary/aromatic N) is 5. The van der Waals surface area contributed by atoms with Crippen molar-refractivity contribution in [2.75, 3.05) is 36.0 Å². The van der Waals surface area contributed by atoms with Gasteiger partial charge in [0, 0.05) is 61.8 Å². The number of hydrogen-bond donors (Lipinski definition) is 2. The number of rotatable bonds is 7. The van der Waals surface area contributed by atoms with Gasteiger partial charge in [-0.3, -0.25) is 19.7 Å². The molecule has 44 heavy (non-hydrogen) atoms. The number of nitrogens with one attached hydrogen (secondary N) is 2. The number of pyridine rings is 1. The lowest BCUT2D eigenvalue weighted by Crippen LogP contribution is -2.49. The Bertz CT molecular complexity index is 1720. The SMILES string of the molecule is Cn1nc(N2CCC(=O)NC2=O)c2ccc(CNCC3CCN(c4ncc(-c5cccc(Cl)c5)cc4C(F)(F)F)CC3)cc21. The monoisotopic (exact) mass is 625 g/mol. The summed E-state index contributed by atoms with van der Waals surface area (Å²) in [5.41, 5.74) is 2.13. The molecule has 0 saturated carbocycles. The second-order valence-electron chi connectivity index (χ2n) is 11.2. The molecule has 0 unspecified atom stereocenters. The van der Waals surface area contributed by atoms with Crippen LogP contribution < -0.4 is 20.4 Å². The van der Waals surface area contributed by atoms with Crippen LogP contribution >= 0.6 is 11.6 Å². The van der Waals surface area contributed by atoms with Crippen molar-refractivity contribution in [3.05, 3.63) is 70.9 Å². The van der Waals surface area contributed by atoms with Crippen molar-refractivity contribution >= 4 is 46.1 Å². The molecule has 0 radical (unpaired) electrons. The number of carbonyl (C=O) groups excluding carboxylic acids is 2. The first-order valence-electron chi connectivity index (χ1n) is 14.4. The minimum absolute atomic E-state index is 0.0350. The van der Waals surface area contributed by atoms with Crippen LogP contribution in [-0.2, 0) is 24.6 Å². The summed E-state index contributed by atoms with van der Waals surface area (Å²) in [6.07, 6.45) is -1.35. The molecule has 4 heterocycles. The van der Waals surface area contributed by atoms with E-state index >= 15 is 0 Å². The average molecular weight is 626 g/mol. The molecule has 0 spiro atoms. The molecule has 2 aliphatic rings. The van der Waals surface area contributed by atoms with E-state index in [4.69, 9.17) is 11.6 Å². The Morgan fingerprint density at radius 2 is 1.82 bits per heavy atom. The second-order valence-corrected chi connectivity index (χ2v) is 11.7. The van der Waals surface area contributed by atoms with Gasteiger partial charge in [-0.25, -0.2) is 9.78 Å². The summed E-state index contributed by atoms with van der Waals surface area (Å²) < 4.78 is 44.0. The molecule has 2 fully saturated rings. The van der Waals surface area contributed by atoms with E-state index in [-0.39, 0.29) is 24.7 Å². The van der Waals surface area contributed by atoms with Crippen LogP contribution in [0, 0.1) is 5.92 Å². The molecular formula is C31H31ClF3N7O2. The van der Waals surface area contributed by atoms with E-state index in [1.165, 1.54) is 11.1 Å². The van der Waals surface area contributed by atoms with Gasteiger partial charge in [0.1, 0.15) is 5.82 Å². The summed E-state index contributed by atoms with van der Waals surface area (Å²) in [4.78, 5) is 31.3. The lowest BCUT2D eigenvalue weighted by Gasteiger charge is -2.34. The Morgan fingerprint density at radius 1 is 1.02 bits per heavy atom. The number of hydrogen-bond acceptors (Lipinski definition) is 6. The third-order valence-corrected chi connectivity index (χ3v) is 8.45. The summed E-state index contributed by atoms with van der Waals surface area (Å²) in [6, 6.07) is 13.3. The Balaban J connectivity index is 1.06. The van der Waals surface area contributed by atoms with E-state index in [1.807, 2.05) is 25.2 Å². The maximum absolute atomic E-state index is 14.1. The predicted octanol–water partition coefficient (Wildman–Crippen LogP) is 5.76. The number of alkyl halides is 3. The highest BCUT2D eigenvalue weighted by Crippen LogP contribution is 2.39. The van der Waals surface area contributed by atoms with Gasteiger partial charge in [0.15, 0.2) is 5.82 Å². The van der Waals surface area contributed by atoms with E-state index in [9.17, 15) is 22.8 Å². The fourth-order valence-electron chi connectivity index (χ4n) is 5.87. The maximum atomic E-state index is 14.1. The molecule has 230 valence electrons. The van der Waals surface area contributed by atoms with Crippen LogP contribution in [0.4, 0.5) is 29.6 Å². The van der Waals surface area contributed by atoms with Gasteiger partial charge in [-0.05, 0) is 66.8 Å². The van der Waals surface area contributed by atoms with Gasteiger partial charge >= 0.3 is 12.2 Å². The molecular weight excluding hydrogens is 595 g/mol. The number of aromatic nitrogens is 3. The number of urea groups is 1. The number of halogens is 4. The van der Waals surface area contributed by atoms with Crippen LogP contribution in [0.3, 0.4) is 0 Å². The number of piperidine rings is 1. The molecule has 4 aromatic rings. The van der Waals surface area contributed by atoms with E-state index in [0.717, 1.165) is 41.9 Å². The van der Waals surface area contributed by atoms with Crippen LogP contribution in [0.1, 0.15) is 30.4 Å². The molecule has 6 rings (SSSR count). The van der Waals surface area contributed by atoms with Crippen LogP contribution in [0.2, 0.25) is 5.02 Å². The zero-order valence-corrected chi connectivity index (χ0v) is 24.8. The topological polar surface area (TPSA) is 95.4 Å². The molecule has 2 N–H and O–H groups in total. The van der Waals surface area contributed by atoms with Crippen molar-refractivity contribution in [2.24, 2.45) is 13.0 Å². The van der Waals surface area contributed by atoms with Gasteiger partial charge in [0.05, 0.1) is 11.1 Å². The standard InChI is InChI=1S/C31H31ClF3N7O2/c1-40-26-13-20(5-6-24(26)28(39-40)42-12-9-27(43)38-30(42)44)17-36-16-19-7-10-41(11-8-19)29-25(31(33,34)35)15-22(18-37-29)21-3-2-4-23(32)14-21/h2-6,13-15,18-19,36H,7-12,16-17H2,1H3,(H,38,43,44). The summed E-state index contributed by atoms with van der Waals surface area (Å²) >= 11 is 6.05. The molecule has 2 aromatic carbocycles. The average Bonchev–Trinajstić information content (AvgIpc) is 3.32. The van der Waals surface area contributed by atoms with E-state index < -0.39 is 17.8 Å². The Labute approximate surface area is 257 Å². The van der Waals surface area contributed by atoms with Gasteiger partial charge in [0.2, 0.25) is 5.91 Å². The summed E-state index contributed by atoms with van der Waals surface area (Å²) in [5.74, 6) is 0.503. The fraction of sp³-hybridized carbons (Fsp3) is 0.355. The van der Waals surface area contributed by atoms with Gasteiger partial charge in [-0.15, -0.1) is 0 Å². The summed E-state index contributed by atoms with van der Waals surface area (Å²) in [5, 5.41) is 11.6. The number of fused-ring (bicyclic) bond motifs is 1.